The van der Waals surface area contributed by atoms with Crippen LogP contribution in [0.1, 0.15) is 49.9 Å². The third kappa shape index (κ3) is 3.06. The molecule has 0 bridgehead atoms. The maximum absolute atomic E-state index is 12.2. The van der Waals surface area contributed by atoms with E-state index in [0.717, 1.165) is 22.1 Å². The molecule has 3 nitrogen and oxygen atoms in total. The molecular formula is C17H22N2OS2. The van der Waals surface area contributed by atoms with Crippen LogP contribution in [0.4, 0.5) is 0 Å². The van der Waals surface area contributed by atoms with Crippen molar-refractivity contribution in [3.63, 3.8) is 0 Å². The second kappa shape index (κ2) is 5.93. The number of carbonyl (C=O) groups is 1. The van der Waals surface area contributed by atoms with Crippen molar-refractivity contribution in [1.82, 2.24) is 9.97 Å². The van der Waals surface area contributed by atoms with Crippen molar-refractivity contribution in [1.29, 1.82) is 0 Å². The molecule has 0 aromatic carbocycles. The number of thioether (sulfide) groups is 1. The van der Waals surface area contributed by atoms with Crippen LogP contribution in [0.5, 0.6) is 0 Å². The van der Waals surface area contributed by atoms with Gasteiger partial charge in [0.05, 0.1) is 5.75 Å². The predicted molar refractivity (Wildman–Crippen MR) is 94.0 cm³/mol. The second-order valence-corrected chi connectivity index (χ2v) is 8.98. The number of thiophene rings is 1. The highest BCUT2D eigenvalue weighted by Gasteiger charge is 2.24. The van der Waals surface area contributed by atoms with E-state index in [9.17, 15) is 4.79 Å². The number of carbonyl (C=O) groups excluding carboxylic acids is 1. The van der Waals surface area contributed by atoms with Gasteiger partial charge < -0.3 is 0 Å². The summed E-state index contributed by atoms with van der Waals surface area (Å²) in [5.74, 6) is 1.56. The van der Waals surface area contributed by atoms with Gasteiger partial charge in [-0.2, -0.15) is 0 Å². The molecule has 0 saturated carbocycles. The minimum atomic E-state index is -0.289. The van der Waals surface area contributed by atoms with E-state index in [4.69, 9.17) is 0 Å². The number of hydrogen-bond acceptors (Lipinski definition) is 5. The van der Waals surface area contributed by atoms with Crippen LogP contribution < -0.4 is 0 Å². The summed E-state index contributed by atoms with van der Waals surface area (Å²) in [5, 5.41) is 2.22. The summed E-state index contributed by atoms with van der Waals surface area (Å²) in [6.45, 7) is 7.86. The lowest BCUT2D eigenvalue weighted by Crippen LogP contribution is -2.22. The third-order valence-corrected chi connectivity index (χ3v) is 6.23. The Bertz CT molecular complexity index is 728. The molecule has 0 spiro atoms. The molecule has 0 atom stereocenters. The van der Waals surface area contributed by atoms with Gasteiger partial charge in [-0.1, -0.05) is 32.5 Å². The number of nitrogens with zero attached hydrogens (tertiary/aromatic N) is 2. The Balaban J connectivity index is 1.98. The zero-order chi connectivity index (χ0) is 15.9. The Labute approximate surface area is 139 Å². The van der Waals surface area contributed by atoms with Crippen LogP contribution in [0.25, 0.3) is 10.2 Å². The standard InChI is InChI=1S/C17H22N2OS2/c1-10-18-15(21-9-13(20)17(2,3)4)14-11-7-5-6-8-12(11)22-16(14)19-10/h5-9H2,1-4H3. The van der Waals surface area contributed by atoms with Gasteiger partial charge in [0.1, 0.15) is 21.5 Å². The molecular weight excluding hydrogens is 312 g/mol. The molecule has 2 aromatic rings. The number of aryl methyl sites for hydroxylation is 3. The van der Waals surface area contributed by atoms with Crippen LogP contribution in [-0.4, -0.2) is 21.5 Å². The maximum Gasteiger partial charge on any atom is 0.148 e. The van der Waals surface area contributed by atoms with E-state index >= 15 is 0 Å². The number of fused-ring (bicyclic) bond motifs is 3. The van der Waals surface area contributed by atoms with E-state index in [2.05, 4.69) is 9.97 Å². The van der Waals surface area contributed by atoms with E-state index in [1.54, 1.807) is 11.8 Å². The van der Waals surface area contributed by atoms with Crippen molar-refractivity contribution in [3.8, 4) is 0 Å². The number of ketones is 1. The van der Waals surface area contributed by atoms with Gasteiger partial charge in [0.2, 0.25) is 0 Å². The van der Waals surface area contributed by atoms with E-state index in [1.807, 2.05) is 39.0 Å². The molecule has 22 heavy (non-hydrogen) atoms. The second-order valence-electron chi connectivity index (χ2n) is 6.93. The van der Waals surface area contributed by atoms with Gasteiger partial charge in [-0.25, -0.2) is 9.97 Å². The molecule has 118 valence electrons. The normalized spacial score (nSPS) is 15.1. The summed E-state index contributed by atoms with van der Waals surface area (Å²) in [5.41, 5.74) is 1.15. The van der Waals surface area contributed by atoms with E-state index in [-0.39, 0.29) is 11.2 Å². The first-order valence-corrected chi connectivity index (χ1v) is 9.61. The average molecular weight is 335 g/mol. The molecule has 1 aliphatic rings. The fourth-order valence-corrected chi connectivity index (χ4v) is 5.31. The van der Waals surface area contributed by atoms with Crippen LogP contribution in [0.3, 0.4) is 0 Å². The number of aromatic nitrogens is 2. The first kappa shape index (κ1) is 15.9. The summed E-state index contributed by atoms with van der Waals surface area (Å²) in [6.07, 6.45) is 4.82. The first-order chi connectivity index (χ1) is 10.4. The molecule has 0 unspecified atom stereocenters. The molecule has 2 aromatic heterocycles. The van der Waals surface area contributed by atoms with Crippen molar-refractivity contribution in [3.05, 3.63) is 16.3 Å². The molecule has 5 heteroatoms. The highest BCUT2D eigenvalue weighted by atomic mass is 32.2. The zero-order valence-electron chi connectivity index (χ0n) is 13.7. The third-order valence-electron chi connectivity index (χ3n) is 4.07. The van der Waals surface area contributed by atoms with Gasteiger partial charge >= 0.3 is 0 Å². The van der Waals surface area contributed by atoms with Crippen molar-refractivity contribution in [2.24, 2.45) is 5.41 Å². The molecule has 0 saturated heterocycles. The highest BCUT2D eigenvalue weighted by molar-refractivity contribution is 8.00. The van der Waals surface area contributed by atoms with Crippen LogP contribution in [0, 0.1) is 12.3 Å². The molecule has 1 aliphatic carbocycles. The molecule has 0 amide bonds. The van der Waals surface area contributed by atoms with Crippen LogP contribution >= 0.6 is 23.1 Å². The van der Waals surface area contributed by atoms with Crippen LogP contribution in [0.2, 0.25) is 0 Å². The summed E-state index contributed by atoms with van der Waals surface area (Å²) in [7, 11) is 0. The Morgan fingerprint density at radius 3 is 2.68 bits per heavy atom. The van der Waals surface area contributed by atoms with Crippen LogP contribution in [-0.2, 0) is 17.6 Å². The summed E-state index contributed by atoms with van der Waals surface area (Å²) >= 11 is 3.40. The molecule has 0 radical (unpaired) electrons. The SMILES string of the molecule is Cc1nc(SCC(=O)C(C)(C)C)c2c3c(sc2n1)CCCC3. The molecule has 2 heterocycles. The predicted octanol–water partition coefficient (Wildman–Crippen LogP) is 4.59. The lowest BCUT2D eigenvalue weighted by atomic mass is 9.92. The van der Waals surface area contributed by atoms with Crippen molar-refractivity contribution in [2.75, 3.05) is 5.75 Å². The van der Waals surface area contributed by atoms with Gasteiger partial charge in [0, 0.05) is 15.7 Å². The van der Waals surface area contributed by atoms with Gasteiger partial charge in [0.15, 0.2) is 0 Å². The van der Waals surface area contributed by atoms with Crippen molar-refractivity contribution >= 4 is 39.1 Å². The van der Waals surface area contributed by atoms with E-state index in [1.165, 1.54) is 35.1 Å². The summed E-state index contributed by atoms with van der Waals surface area (Å²) < 4.78 is 0. The fraction of sp³-hybridized carbons (Fsp3) is 0.588. The number of hydrogen-bond donors (Lipinski definition) is 0. The highest BCUT2D eigenvalue weighted by Crippen LogP contribution is 2.39. The maximum atomic E-state index is 12.2. The molecule has 0 fully saturated rings. The lowest BCUT2D eigenvalue weighted by molar-refractivity contribution is -0.123. The minimum Gasteiger partial charge on any atom is -0.298 e. The Morgan fingerprint density at radius 1 is 1.23 bits per heavy atom. The number of Topliss-reactive ketones (excluding diaryl/α,β-unsaturated/α-hetero) is 1. The monoisotopic (exact) mass is 334 g/mol. The van der Waals surface area contributed by atoms with Gasteiger partial charge in [-0.05, 0) is 38.2 Å². The van der Waals surface area contributed by atoms with Crippen LogP contribution in [0.15, 0.2) is 5.03 Å². The molecule has 3 rings (SSSR count). The van der Waals surface area contributed by atoms with E-state index in [0.29, 0.717) is 5.75 Å². The Morgan fingerprint density at radius 2 is 1.95 bits per heavy atom. The fourth-order valence-electron chi connectivity index (χ4n) is 2.68. The van der Waals surface area contributed by atoms with Gasteiger partial charge in [0.25, 0.3) is 0 Å². The Kier molecular flexibility index (Phi) is 4.29. The smallest absolute Gasteiger partial charge is 0.148 e. The Hall–Kier alpha value is -0.940. The molecule has 0 N–H and O–H groups in total. The van der Waals surface area contributed by atoms with E-state index < -0.39 is 0 Å². The zero-order valence-corrected chi connectivity index (χ0v) is 15.3. The van der Waals surface area contributed by atoms with Crippen molar-refractivity contribution < 1.29 is 4.79 Å². The molecule has 0 aliphatic heterocycles. The van der Waals surface area contributed by atoms with Gasteiger partial charge in [-0.3, -0.25) is 4.79 Å². The average Bonchev–Trinajstić information content (AvgIpc) is 2.81. The summed E-state index contributed by atoms with van der Waals surface area (Å²) in [6, 6.07) is 0. The lowest BCUT2D eigenvalue weighted by Gasteiger charge is -2.16. The van der Waals surface area contributed by atoms with Crippen molar-refractivity contribution in [2.45, 2.75) is 58.4 Å². The quantitative estimate of drug-likeness (QED) is 0.608. The van der Waals surface area contributed by atoms with Gasteiger partial charge in [-0.15, -0.1) is 11.3 Å². The first-order valence-electron chi connectivity index (χ1n) is 7.81. The number of rotatable bonds is 3. The topological polar surface area (TPSA) is 42.9 Å². The largest absolute Gasteiger partial charge is 0.298 e. The summed E-state index contributed by atoms with van der Waals surface area (Å²) in [4.78, 5) is 24.1. The minimum absolute atomic E-state index is 0.269.